The van der Waals surface area contributed by atoms with E-state index in [-0.39, 0.29) is 0 Å². The van der Waals surface area contributed by atoms with Crippen LogP contribution >= 0.6 is 0 Å². The zero-order valence-corrected chi connectivity index (χ0v) is 18.3. The summed E-state index contributed by atoms with van der Waals surface area (Å²) in [5.41, 5.74) is 4.51. The Bertz CT molecular complexity index is 625. The molecule has 1 aromatic heterocycles. The van der Waals surface area contributed by atoms with Crippen LogP contribution in [0, 0.1) is 6.92 Å². The van der Waals surface area contributed by atoms with Crippen molar-refractivity contribution in [3.8, 4) is 11.3 Å². The summed E-state index contributed by atoms with van der Waals surface area (Å²) < 4.78 is 0. The molecule has 0 fully saturated rings. The van der Waals surface area contributed by atoms with E-state index in [1.807, 2.05) is 110 Å². The van der Waals surface area contributed by atoms with E-state index in [1.54, 1.807) is 6.20 Å². The highest BCUT2D eigenvalue weighted by Gasteiger charge is 2.11. The second-order valence-corrected chi connectivity index (χ2v) is 4.98. The Balaban J connectivity index is 0. The highest BCUT2D eigenvalue weighted by Crippen LogP contribution is 2.25. The van der Waals surface area contributed by atoms with Crippen LogP contribution in [0.2, 0.25) is 0 Å². The monoisotopic (exact) mass is 359 g/mol. The van der Waals surface area contributed by atoms with Crippen LogP contribution in [0.4, 0.5) is 5.69 Å². The van der Waals surface area contributed by atoms with Gasteiger partial charge in [0.1, 0.15) is 0 Å². The second-order valence-electron chi connectivity index (χ2n) is 4.98. The van der Waals surface area contributed by atoms with Gasteiger partial charge in [-0.05, 0) is 36.8 Å². The van der Waals surface area contributed by atoms with Gasteiger partial charge in [0.05, 0.1) is 11.4 Å². The van der Waals surface area contributed by atoms with Crippen molar-refractivity contribution < 1.29 is 4.79 Å². The van der Waals surface area contributed by atoms with Crippen molar-refractivity contribution >= 4 is 12.0 Å². The largest absolute Gasteiger partial charge is 0.309 e. The first-order chi connectivity index (χ1) is 12.5. The van der Waals surface area contributed by atoms with Gasteiger partial charge in [-0.25, -0.2) is 5.01 Å². The number of aromatic nitrogens is 1. The van der Waals surface area contributed by atoms with Crippen LogP contribution in [0.1, 0.15) is 57.5 Å². The molecule has 0 saturated carbocycles. The molecular formula is C22H37N3O. The summed E-state index contributed by atoms with van der Waals surface area (Å²) in [4.78, 5) is 15.7. The minimum Gasteiger partial charge on any atom is -0.309 e. The van der Waals surface area contributed by atoms with E-state index in [1.165, 1.54) is 0 Å². The summed E-state index contributed by atoms with van der Waals surface area (Å²) in [5, 5.41) is 3.85. The van der Waals surface area contributed by atoms with Crippen LogP contribution in [0.15, 0.2) is 36.5 Å². The molecule has 4 heteroatoms. The lowest BCUT2D eigenvalue weighted by atomic mass is 10.0. The SMILES string of the molecule is CC.CC.CC.Cc1ccnc(-c2ccc(N(C)N(C)C)c(C=O)c2)c1. The number of rotatable bonds is 4. The zero-order valence-electron chi connectivity index (χ0n) is 18.3. The number of carbonyl (C=O) groups excluding carboxylic acids is 1. The number of pyridine rings is 1. The Labute approximate surface area is 160 Å². The fourth-order valence-electron chi connectivity index (χ4n) is 2.01. The highest BCUT2D eigenvalue weighted by molar-refractivity contribution is 5.87. The number of hydrogen-bond donors (Lipinski definition) is 0. The number of benzene rings is 1. The number of carbonyl (C=O) groups is 1. The summed E-state index contributed by atoms with van der Waals surface area (Å²) in [6.07, 6.45) is 2.67. The van der Waals surface area contributed by atoms with Gasteiger partial charge in [0, 0.05) is 38.5 Å². The summed E-state index contributed by atoms with van der Waals surface area (Å²) in [6.45, 7) is 14.0. The molecule has 0 radical (unpaired) electrons. The molecule has 4 nitrogen and oxygen atoms in total. The van der Waals surface area contributed by atoms with Crippen molar-refractivity contribution in [2.24, 2.45) is 0 Å². The molecule has 0 N–H and O–H groups in total. The van der Waals surface area contributed by atoms with E-state index in [0.29, 0.717) is 5.56 Å². The molecule has 0 saturated heterocycles. The first kappa shape index (κ1) is 26.0. The fraction of sp³-hybridized carbons (Fsp3) is 0.455. The number of aldehydes is 1. The average molecular weight is 360 g/mol. The molecule has 0 aliphatic heterocycles. The van der Waals surface area contributed by atoms with Crippen LogP contribution in [-0.2, 0) is 0 Å². The van der Waals surface area contributed by atoms with E-state index >= 15 is 0 Å². The third-order valence-electron chi connectivity index (χ3n) is 3.31. The predicted molar refractivity (Wildman–Crippen MR) is 116 cm³/mol. The number of hydrazine groups is 1. The second kappa shape index (κ2) is 15.1. The maximum Gasteiger partial charge on any atom is 0.152 e. The van der Waals surface area contributed by atoms with Crippen LogP contribution < -0.4 is 5.01 Å². The lowest BCUT2D eigenvalue weighted by molar-refractivity contribution is 0.112. The minimum absolute atomic E-state index is 0.655. The Morgan fingerprint density at radius 1 is 0.885 bits per heavy atom. The first-order valence-electron chi connectivity index (χ1n) is 9.46. The van der Waals surface area contributed by atoms with Crippen LogP contribution in [0.25, 0.3) is 11.3 Å². The van der Waals surface area contributed by atoms with Gasteiger partial charge < -0.3 is 5.01 Å². The quantitative estimate of drug-likeness (QED) is 0.506. The van der Waals surface area contributed by atoms with Gasteiger partial charge >= 0.3 is 0 Å². The van der Waals surface area contributed by atoms with Gasteiger partial charge in [-0.3, -0.25) is 9.78 Å². The molecule has 1 aromatic carbocycles. The van der Waals surface area contributed by atoms with Crippen molar-refractivity contribution in [3.05, 3.63) is 47.7 Å². The van der Waals surface area contributed by atoms with Crippen LogP contribution in [0.3, 0.4) is 0 Å². The van der Waals surface area contributed by atoms with Crippen molar-refractivity contribution in [2.45, 2.75) is 48.5 Å². The standard InChI is InChI=1S/C16H19N3O.3C2H6/c1-12-7-8-17-15(9-12)13-5-6-16(14(10-13)11-20)19(4)18(2)3;3*1-2/h5-11H,1-4H3;3*1-2H3. The van der Waals surface area contributed by atoms with Gasteiger partial charge in [0.2, 0.25) is 0 Å². The third kappa shape index (κ3) is 7.79. The molecule has 26 heavy (non-hydrogen) atoms. The normalized spacial score (nSPS) is 8.88. The van der Waals surface area contributed by atoms with Crippen molar-refractivity contribution in [2.75, 3.05) is 26.2 Å². The van der Waals surface area contributed by atoms with Crippen molar-refractivity contribution in [3.63, 3.8) is 0 Å². The van der Waals surface area contributed by atoms with Gasteiger partial charge in [-0.1, -0.05) is 47.6 Å². The summed E-state index contributed by atoms with van der Waals surface area (Å²) in [7, 11) is 5.79. The van der Waals surface area contributed by atoms with Gasteiger partial charge in [0.25, 0.3) is 0 Å². The van der Waals surface area contributed by atoms with Crippen LogP contribution in [0.5, 0.6) is 0 Å². The Kier molecular flexibility index (Phi) is 15.1. The molecule has 0 bridgehead atoms. The smallest absolute Gasteiger partial charge is 0.152 e. The fourth-order valence-corrected chi connectivity index (χ4v) is 2.01. The predicted octanol–water partition coefficient (Wildman–Crippen LogP) is 5.86. The van der Waals surface area contributed by atoms with Crippen molar-refractivity contribution in [1.29, 1.82) is 0 Å². The first-order valence-corrected chi connectivity index (χ1v) is 9.46. The molecular weight excluding hydrogens is 322 g/mol. The molecule has 0 amide bonds. The van der Waals surface area contributed by atoms with Gasteiger partial charge in [-0.15, -0.1) is 0 Å². The summed E-state index contributed by atoms with van der Waals surface area (Å²) >= 11 is 0. The van der Waals surface area contributed by atoms with Gasteiger partial charge in [0.15, 0.2) is 6.29 Å². The van der Waals surface area contributed by atoms with E-state index in [2.05, 4.69) is 4.98 Å². The van der Waals surface area contributed by atoms with E-state index in [9.17, 15) is 4.79 Å². The minimum atomic E-state index is 0.655. The lowest BCUT2D eigenvalue weighted by Crippen LogP contribution is -2.33. The van der Waals surface area contributed by atoms with E-state index in [4.69, 9.17) is 0 Å². The number of anilines is 1. The molecule has 0 atom stereocenters. The van der Waals surface area contributed by atoms with Crippen molar-refractivity contribution in [1.82, 2.24) is 9.99 Å². The summed E-state index contributed by atoms with van der Waals surface area (Å²) in [5.74, 6) is 0. The number of hydrogen-bond acceptors (Lipinski definition) is 4. The average Bonchev–Trinajstić information content (AvgIpc) is 2.71. The summed E-state index contributed by atoms with van der Waals surface area (Å²) in [6, 6.07) is 9.79. The van der Waals surface area contributed by atoms with E-state index < -0.39 is 0 Å². The Hall–Kier alpha value is -2.20. The van der Waals surface area contributed by atoms with Crippen LogP contribution in [-0.4, -0.2) is 37.4 Å². The molecule has 146 valence electrons. The molecule has 0 aliphatic rings. The highest BCUT2D eigenvalue weighted by atomic mass is 16.1. The van der Waals surface area contributed by atoms with Gasteiger partial charge in [-0.2, -0.15) is 0 Å². The molecule has 0 spiro atoms. The van der Waals surface area contributed by atoms with E-state index in [0.717, 1.165) is 28.8 Å². The Morgan fingerprint density at radius 3 is 1.92 bits per heavy atom. The molecule has 2 rings (SSSR count). The molecule has 0 unspecified atom stereocenters. The number of aryl methyl sites for hydroxylation is 1. The Morgan fingerprint density at radius 2 is 1.46 bits per heavy atom. The topological polar surface area (TPSA) is 36.4 Å². The number of nitrogens with zero attached hydrogens (tertiary/aromatic N) is 3. The maximum absolute atomic E-state index is 11.3. The zero-order chi connectivity index (χ0) is 20.7. The molecule has 0 aliphatic carbocycles. The third-order valence-corrected chi connectivity index (χ3v) is 3.31. The molecule has 2 aromatic rings. The molecule has 1 heterocycles. The lowest BCUT2D eigenvalue weighted by Gasteiger charge is -2.27. The maximum atomic E-state index is 11.3.